The zero-order chi connectivity index (χ0) is 31.3. The first-order valence-electron chi connectivity index (χ1n) is 14.7. The monoisotopic (exact) mass is 570 g/mol. The number of carboxylic acids is 1. The van der Waals surface area contributed by atoms with Gasteiger partial charge in [0.05, 0.1) is 11.9 Å². The molecule has 0 radical (unpaired) electrons. The maximum atomic E-state index is 11.5. The number of carboxylic acid groups (broad SMARTS) is 1. The SMILES string of the molecule is Cc1cc(C)c(B(c2c(C)cc(C)cc2C)c2c(C)c(C)c(-c3cn(-c4ccnc(C(=O)O)c4)nn3)c(C)c2C)c(C)c1. The fourth-order valence-corrected chi connectivity index (χ4v) is 7.07. The number of pyridine rings is 1. The van der Waals surface area contributed by atoms with Gasteiger partial charge in [-0.05, 0) is 92.5 Å². The van der Waals surface area contributed by atoms with Gasteiger partial charge < -0.3 is 5.11 Å². The summed E-state index contributed by atoms with van der Waals surface area (Å²) in [7, 11) is 0. The highest BCUT2D eigenvalue weighted by Gasteiger charge is 2.33. The van der Waals surface area contributed by atoms with Gasteiger partial charge in [-0.2, -0.15) is 0 Å². The van der Waals surface area contributed by atoms with Crippen LogP contribution in [0.2, 0.25) is 0 Å². The summed E-state index contributed by atoms with van der Waals surface area (Å²) < 4.78 is 1.61. The maximum Gasteiger partial charge on any atom is 0.354 e. The van der Waals surface area contributed by atoms with Gasteiger partial charge in [-0.25, -0.2) is 14.5 Å². The molecule has 0 bridgehead atoms. The molecule has 218 valence electrons. The number of rotatable bonds is 6. The van der Waals surface area contributed by atoms with Crippen molar-refractivity contribution < 1.29 is 9.90 Å². The molecule has 0 unspecified atom stereocenters. The number of aromatic nitrogens is 4. The molecule has 0 atom stereocenters. The third-order valence-corrected chi connectivity index (χ3v) is 9.00. The van der Waals surface area contributed by atoms with Crippen molar-refractivity contribution in [3.63, 3.8) is 0 Å². The van der Waals surface area contributed by atoms with E-state index in [1.807, 2.05) is 6.20 Å². The Morgan fingerprint density at radius 1 is 0.698 bits per heavy atom. The third-order valence-electron chi connectivity index (χ3n) is 9.00. The molecule has 43 heavy (non-hydrogen) atoms. The van der Waals surface area contributed by atoms with Crippen molar-refractivity contribution in [2.75, 3.05) is 0 Å². The van der Waals surface area contributed by atoms with Crippen LogP contribution < -0.4 is 16.4 Å². The molecule has 3 aromatic carbocycles. The largest absolute Gasteiger partial charge is 0.477 e. The average Bonchev–Trinajstić information content (AvgIpc) is 3.41. The minimum atomic E-state index is -1.08. The average molecular weight is 571 g/mol. The molecule has 0 fully saturated rings. The van der Waals surface area contributed by atoms with E-state index in [4.69, 9.17) is 0 Å². The minimum absolute atomic E-state index is 0.0348. The molecule has 0 aliphatic heterocycles. The van der Waals surface area contributed by atoms with Gasteiger partial charge in [0.25, 0.3) is 0 Å². The van der Waals surface area contributed by atoms with Crippen molar-refractivity contribution in [1.82, 2.24) is 20.0 Å². The van der Waals surface area contributed by atoms with Crippen molar-refractivity contribution in [3.8, 4) is 16.9 Å². The highest BCUT2D eigenvalue weighted by molar-refractivity contribution is 6.97. The zero-order valence-corrected chi connectivity index (χ0v) is 26.8. The molecule has 0 saturated carbocycles. The third kappa shape index (κ3) is 5.29. The molecular formula is C36H39BN4O2. The molecule has 5 rings (SSSR count). The lowest BCUT2D eigenvalue weighted by Crippen LogP contribution is -2.57. The Morgan fingerprint density at radius 2 is 1.19 bits per heavy atom. The van der Waals surface area contributed by atoms with Crippen LogP contribution in [0.4, 0.5) is 0 Å². The van der Waals surface area contributed by atoms with Gasteiger partial charge in [0.2, 0.25) is 6.71 Å². The first-order valence-corrected chi connectivity index (χ1v) is 14.7. The van der Waals surface area contributed by atoms with E-state index in [0.717, 1.165) is 11.3 Å². The number of nitrogens with zero attached hydrogens (tertiary/aromatic N) is 4. The number of aromatic carboxylic acids is 1. The van der Waals surface area contributed by atoms with Crippen molar-refractivity contribution in [1.29, 1.82) is 0 Å². The highest BCUT2D eigenvalue weighted by Crippen LogP contribution is 2.30. The molecular weight excluding hydrogens is 531 g/mol. The number of carbonyl (C=O) groups is 1. The lowest BCUT2D eigenvalue weighted by molar-refractivity contribution is 0.0690. The molecule has 0 spiro atoms. The van der Waals surface area contributed by atoms with Crippen LogP contribution in [-0.2, 0) is 0 Å². The van der Waals surface area contributed by atoms with E-state index in [2.05, 4.69) is 109 Å². The van der Waals surface area contributed by atoms with E-state index < -0.39 is 5.97 Å². The first kappa shape index (κ1) is 30.0. The van der Waals surface area contributed by atoms with E-state index >= 15 is 0 Å². The summed E-state index contributed by atoms with van der Waals surface area (Å²) in [5, 5.41) is 18.3. The Bertz CT molecular complexity index is 1790. The summed E-state index contributed by atoms with van der Waals surface area (Å²) in [6.07, 6.45) is 3.35. The Morgan fingerprint density at radius 3 is 1.65 bits per heavy atom. The Labute approximate surface area is 254 Å². The van der Waals surface area contributed by atoms with E-state index in [1.54, 1.807) is 10.7 Å². The van der Waals surface area contributed by atoms with Crippen LogP contribution in [0.25, 0.3) is 16.9 Å². The van der Waals surface area contributed by atoms with Crippen LogP contribution in [-0.4, -0.2) is 37.8 Å². The van der Waals surface area contributed by atoms with Crippen LogP contribution in [0.3, 0.4) is 0 Å². The van der Waals surface area contributed by atoms with E-state index in [9.17, 15) is 9.90 Å². The molecule has 0 saturated heterocycles. The lowest BCUT2D eigenvalue weighted by atomic mass is 9.32. The van der Waals surface area contributed by atoms with E-state index in [-0.39, 0.29) is 12.4 Å². The van der Waals surface area contributed by atoms with Crippen molar-refractivity contribution in [2.24, 2.45) is 0 Å². The first-order chi connectivity index (χ1) is 20.3. The van der Waals surface area contributed by atoms with Crippen LogP contribution in [0, 0.1) is 69.2 Å². The molecule has 1 N–H and O–H groups in total. The van der Waals surface area contributed by atoms with Gasteiger partial charge >= 0.3 is 5.97 Å². The lowest BCUT2D eigenvalue weighted by Gasteiger charge is -2.29. The second-order valence-corrected chi connectivity index (χ2v) is 12.1. The predicted molar refractivity (Wildman–Crippen MR) is 176 cm³/mol. The van der Waals surface area contributed by atoms with E-state index in [1.165, 1.54) is 84.3 Å². The molecule has 0 amide bonds. The standard InChI is InChI=1S/C36H39BN4O2/c1-19-13-21(3)33(22(4)14-19)37(34-23(5)15-20(2)16-24(34)6)35-27(9)25(7)32(26(8)28(35)10)31-18-41(40-39-31)29-11-12-38-30(17-29)36(42)43/h11-18H,1-10H3,(H,42,43). The second-order valence-electron chi connectivity index (χ2n) is 12.1. The molecule has 7 heteroatoms. The minimum Gasteiger partial charge on any atom is -0.477 e. The summed E-state index contributed by atoms with van der Waals surface area (Å²) in [5.41, 5.74) is 19.1. The molecule has 6 nitrogen and oxygen atoms in total. The molecule has 0 aliphatic carbocycles. The summed E-state index contributed by atoms with van der Waals surface area (Å²) in [6, 6.07) is 12.5. The van der Waals surface area contributed by atoms with Crippen molar-refractivity contribution in [3.05, 3.63) is 110 Å². The fraction of sp³-hybridized carbons (Fsp3) is 0.278. The van der Waals surface area contributed by atoms with Gasteiger partial charge in [-0.15, -0.1) is 5.10 Å². The van der Waals surface area contributed by atoms with Crippen LogP contribution in [0.1, 0.15) is 66.1 Å². The normalized spacial score (nSPS) is 11.2. The molecule has 0 aliphatic rings. The number of benzene rings is 3. The van der Waals surface area contributed by atoms with Crippen molar-refractivity contribution in [2.45, 2.75) is 69.2 Å². The molecule has 2 aromatic heterocycles. The summed E-state index contributed by atoms with van der Waals surface area (Å²) >= 11 is 0. The Hall–Kier alpha value is -4.52. The van der Waals surface area contributed by atoms with Gasteiger partial charge in [-0.1, -0.05) is 90.4 Å². The van der Waals surface area contributed by atoms with E-state index in [0.29, 0.717) is 5.69 Å². The number of aryl methyl sites for hydroxylation is 6. The fourth-order valence-electron chi connectivity index (χ4n) is 7.07. The highest BCUT2D eigenvalue weighted by atomic mass is 16.4. The maximum absolute atomic E-state index is 11.5. The van der Waals surface area contributed by atoms with Gasteiger partial charge in [0.15, 0.2) is 0 Å². The van der Waals surface area contributed by atoms with Crippen LogP contribution in [0.15, 0.2) is 48.8 Å². The Balaban J connectivity index is 1.75. The second kappa shape index (κ2) is 11.3. The Kier molecular flexibility index (Phi) is 7.87. The van der Waals surface area contributed by atoms with Gasteiger partial charge in [0, 0.05) is 11.8 Å². The quantitative estimate of drug-likeness (QED) is 0.268. The summed E-state index contributed by atoms with van der Waals surface area (Å²) in [5.74, 6) is -1.08. The van der Waals surface area contributed by atoms with Gasteiger partial charge in [0.1, 0.15) is 11.4 Å². The summed E-state index contributed by atoms with van der Waals surface area (Å²) in [6.45, 7) is 22.2. The van der Waals surface area contributed by atoms with Crippen LogP contribution in [0.5, 0.6) is 0 Å². The topological polar surface area (TPSA) is 80.9 Å². The number of hydrogen-bond acceptors (Lipinski definition) is 4. The molecule has 2 heterocycles. The van der Waals surface area contributed by atoms with Crippen molar-refractivity contribution >= 4 is 29.1 Å². The number of hydrogen-bond donors (Lipinski definition) is 1. The van der Waals surface area contributed by atoms with Gasteiger partial charge in [-0.3, -0.25) is 0 Å². The summed E-state index contributed by atoms with van der Waals surface area (Å²) in [4.78, 5) is 15.4. The smallest absolute Gasteiger partial charge is 0.354 e. The molecule has 5 aromatic rings. The zero-order valence-electron chi connectivity index (χ0n) is 26.8. The van der Waals surface area contributed by atoms with Crippen LogP contribution >= 0.6 is 0 Å². The predicted octanol–water partition coefficient (Wildman–Crippen LogP) is 5.63.